The van der Waals surface area contributed by atoms with Crippen LogP contribution in [0.25, 0.3) is 0 Å². The van der Waals surface area contributed by atoms with Crippen molar-refractivity contribution in [2.75, 3.05) is 0 Å². The third kappa shape index (κ3) is 2.11. The van der Waals surface area contributed by atoms with Gasteiger partial charge in [0.15, 0.2) is 5.75 Å². The molecule has 1 aliphatic rings. The van der Waals surface area contributed by atoms with Crippen LogP contribution in [0.3, 0.4) is 0 Å². The molecule has 13 heavy (non-hydrogen) atoms. The summed E-state index contributed by atoms with van der Waals surface area (Å²) in [5, 5.41) is 0. The van der Waals surface area contributed by atoms with Crippen LogP contribution in [-0.4, -0.2) is 10.8 Å². The van der Waals surface area contributed by atoms with Gasteiger partial charge >= 0.3 is 0 Å². The van der Waals surface area contributed by atoms with Crippen molar-refractivity contribution < 1.29 is 9.47 Å². The van der Waals surface area contributed by atoms with Crippen molar-refractivity contribution in [3.63, 3.8) is 0 Å². The van der Waals surface area contributed by atoms with Crippen LogP contribution in [-0.2, 0) is 0 Å². The summed E-state index contributed by atoms with van der Waals surface area (Å²) in [6.45, 7) is 7.71. The summed E-state index contributed by atoms with van der Waals surface area (Å²) in [4.78, 5) is 4.01. The van der Waals surface area contributed by atoms with Gasteiger partial charge in [0, 0.05) is 20.0 Å². The first kappa shape index (κ1) is 9.84. The van der Waals surface area contributed by atoms with Crippen molar-refractivity contribution in [2.45, 2.75) is 33.5 Å². The molecule has 1 aliphatic heterocycles. The molecule has 1 aromatic heterocycles. The van der Waals surface area contributed by atoms with Crippen LogP contribution in [0.15, 0.2) is 18.3 Å². The highest BCUT2D eigenvalue weighted by Gasteiger charge is 2.32. The lowest BCUT2D eigenvalue weighted by atomic mass is 10.4. The smallest absolute Gasteiger partial charge is 0.260 e. The summed E-state index contributed by atoms with van der Waals surface area (Å²) in [5.41, 5.74) is 0. The van der Waals surface area contributed by atoms with Gasteiger partial charge in [-0.3, -0.25) is 0 Å². The van der Waals surface area contributed by atoms with E-state index in [1.165, 1.54) is 0 Å². The van der Waals surface area contributed by atoms with Gasteiger partial charge in [0.1, 0.15) is 0 Å². The van der Waals surface area contributed by atoms with Crippen molar-refractivity contribution in [3.05, 3.63) is 18.3 Å². The average Bonchev–Trinajstić information content (AvgIpc) is 2.41. The Hall–Kier alpha value is -1.25. The fourth-order valence-corrected chi connectivity index (χ4v) is 1.05. The molecular formula is C10H15NO2. The highest BCUT2D eigenvalue weighted by Crippen LogP contribution is 2.36. The summed E-state index contributed by atoms with van der Waals surface area (Å²) < 4.78 is 10.8. The molecule has 2 heterocycles. The summed E-state index contributed by atoms with van der Waals surface area (Å²) in [6, 6.07) is 3.67. The molecule has 0 atom stereocenters. The van der Waals surface area contributed by atoms with E-state index in [1.54, 1.807) is 6.20 Å². The second kappa shape index (κ2) is 3.64. The van der Waals surface area contributed by atoms with Crippen LogP contribution in [0.4, 0.5) is 0 Å². The minimum absolute atomic E-state index is 0.559. The highest BCUT2D eigenvalue weighted by atomic mass is 16.7. The first-order valence-electron chi connectivity index (χ1n) is 4.50. The quantitative estimate of drug-likeness (QED) is 0.616. The van der Waals surface area contributed by atoms with Crippen LogP contribution in [0.2, 0.25) is 0 Å². The second-order valence-electron chi connectivity index (χ2n) is 2.91. The topological polar surface area (TPSA) is 31.4 Å². The molecule has 0 amide bonds. The number of aromatic nitrogens is 1. The van der Waals surface area contributed by atoms with Gasteiger partial charge in [0.25, 0.3) is 5.88 Å². The van der Waals surface area contributed by atoms with Gasteiger partial charge in [-0.1, -0.05) is 13.8 Å². The van der Waals surface area contributed by atoms with E-state index in [0.717, 1.165) is 5.75 Å². The van der Waals surface area contributed by atoms with E-state index < -0.39 is 5.79 Å². The van der Waals surface area contributed by atoms with Crippen molar-refractivity contribution in [1.29, 1.82) is 0 Å². The van der Waals surface area contributed by atoms with E-state index >= 15 is 0 Å². The predicted octanol–water partition coefficient (Wildman–Crippen LogP) is 2.62. The third-order valence-corrected chi connectivity index (χ3v) is 1.43. The Balaban J connectivity index is 0.000000396. The standard InChI is InChI=1S/C8H9NO2.C2H6/c1-8(2)10-6-4-3-5-9-7(6)11-8;1-2/h3-5H,1-2H3;1-2H3. The summed E-state index contributed by atoms with van der Waals surface area (Å²) in [7, 11) is 0. The second-order valence-corrected chi connectivity index (χ2v) is 2.91. The maximum absolute atomic E-state index is 5.41. The van der Waals surface area contributed by atoms with E-state index in [4.69, 9.17) is 9.47 Å². The molecule has 0 spiro atoms. The zero-order chi connectivity index (χ0) is 9.90. The van der Waals surface area contributed by atoms with Gasteiger partial charge < -0.3 is 9.47 Å². The third-order valence-electron chi connectivity index (χ3n) is 1.43. The van der Waals surface area contributed by atoms with Gasteiger partial charge in [0.05, 0.1) is 0 Å². The van der Waals surface area contributed by atoms with E-state index in [2.05, 4.69) is 4.98 Å². The van der Waals surface area contributed by atoms with Crippen LogP contribution in [0.5, 0.6) is 11.6 Å². The van der Waals surface area contributed by atoms with Gasteiger partial charge in [-0.25, -0.2) is 4.98 Å². The average molecular weight is 181 g/mol. The monoisotopic (exact) mass is 181 g/mol. The van der Waals surface area contributed by atoms with Gasteiger partial charge in [0.2, 0.25) is 5.79 Å². The molecular weight excluding hydrogens is 166 g/mol. The molecule has 3 heteroatoms. The first-order chi connectivity index (χ1) is 6.17. The molecule has 3 nitrogen and oxygen atoms in total. The van der Waals surface area contributed by atoms with E-state index in [0.29, 0.717) is 5.88 Å². The van der Waals surface area contributed by atoms with Gasteiger partial charge in [-0.05, 0) is 12.1 Å². The van der Waals surface area contributed by atoms with Gasteiger partial charge in [-0.15, -0.1) is 0 Å². The lowest BCUT2D eigenvalue weighted by Crippen LogP contribution is -2.29. The number of rotatable bonds is 0. The largest absolute Gasteiger partial charge is 0.447 e. The maximum atomic E-state index is 5.41. The number of hydrogen-bond acceptors (Lipinski definition) is 3. The van der Waals surface area contributed by atoms with Crippen molar-refractivity contribution in [2.24, 2.45) is 0 Å². The van der Waals surface area contributed by atoms with Gasteiger partial charge in [-0.2, -0.15) is 0 Å². The molecule has 0 bridgehead atoms. The van der Waals surface area contributed by atoms with Crippen molar-refractivity contribution in [1.82, 2.24) is 4.98 Å². The molecule has 0 saturated carbocycles. The molecule has 72 valence electrons. The molecule has 0 saturated heterocycles. The minimum atomic E-state index is -0.559. The Bertz CT molecular complexity index is 257. The minimum Gasteiger partial charge on any atom is -0.447 e. The number of pyridine rings is 1. The molecule has 0 aliphatic carbocycles. The molecule has 1 aromatic rings. The Morgan fingerprint density at radius 3 is 2.54 bits per heavy atom. The summed E-state index contributed by atoms with van der Waals surface area (Å²) in [5.74, 6) is 0.742. The summed E-state index contributed by atoms with van der Waals surface area (Å²) in [6.07, 6.45) is 1.68. The molecule has 0 N–H and O–H groups in total. The Morgan fingerprint density at radius 1 is 1.23 bits per heavy atom. The number of nitrogens with zero attached hydrogens (tertiary/aromatic N) is 1. The molecule has 2 rings (SSSR count). The lowest BCUT2D eigenvalue weighted by molar-refractivity contribution is -0.0448. The maximum Gasteiger partial charge on any atom is 0.260 e. The fraction of sp³-hybridized carbons (Fsp3) is 0.500. The van der Waals surface area contributed by atoms with Crippen LogP contribution in [0, 0.1) is 0 Å². The van der Waals surface area contributed by atoms with Crippen LogP contribution < -0.4 is 9.47 Å². The SMILES string of the molecule is CC.CC1(C)Oc2cccnc2O1. The lowest BCUT2D eigenvalue weighted by Gasteiger charge is -2.15. The Kier molecular flexibility index (Phi) is 2.76. The summed E-state index contributed by atoms with van der Waals surface area (Å²) >= 11 is 0. The zero-order valence-corrected chi connectivity index (χ0v) is 8.50. The van der Waals surface area contributed by atoms with E-state index in [9.17, 15) is 0 Å². The molecule has 0 fully saturated rings. The zero-order valence-electron chi connectivity index (χ0n) is 8.50. The highest BCUT2D eigenvalue weighted by molar-refractivity contribution is 5.35. The predicted molar refractivity (Wildman–Crippen MR) is 50.9 cm³/mol. The number of ether oxygens (including phenoxy) is 2. The van der Waals surface area contributed by atoms with E-state index in [1.807, 2.05) is 39.8 Å². The Morgan fingerprint density at radius 2 is 1.92 bits per heavy atom. The first-order valence-corrected chi connectivity index (χ1v) is 4.50. The van der Waals surface area contributed by atoms with Crippen LogP contribution in [0.1, 0.15) is 27.7 Å². The molecule has 0 radical (unpaired) electrons. The number of hydrogen-bond donors (Lipinski definition) is 0. The Labute approximate surface area is 78.7 Å². The molecule has 0 unspecified atom stereocenters. The normalized spacial score (nSPS) is 16.0. The number of fused-ring (bicyclic) bond motifs is 1. The molecule has 0 aromatic carbocycles. The van der Waals surface area contributed by atoms with Crippen LogP contribution >= 0.6 is 0 Å². The van der Waals surface area contributed by atoms with Crippen molar-refractivity contribution >= 4 is 0 Å². The fourth-order valence-electron chi connectivity index (χ4n) is 1.05. The van der Waals surface area contributed by atoms with Crippen molar-refractivity contribution in [3.8, 4) is 11.6 Å². The van der Waals surface area contributed by atoms with E-state index in [-0.39, 0.29) is 0 Å².